The van der Waals surface area contributed by atoms with Gasteiger partial charge < -0.3 is 9.73 Å². The van der Waals surface area contributed by atoms with Crippen molar-refractivity contribution < 1.29 is 4.42 Å². The fourth-order valence-electron chi connectivity index (χ4n) is 7.33. The Hall–Kier alpha value is -6.52. The van der Waals surface area contributed by atoms with Crippen molar-refractivity contribution in [1.82, 2.24) is 5.32 Å². The Morgan fingerprint density at radius 1 is 0.469 bits per heavy atom. The van der Waals surface area contributed by atoms with Gasteiger partial charge in [0.1, 0.15) is 23.2 Å². The van der Waals surface area contributed by atoms with Crippen LogP contribution in [0.5, 0.6) is 0 Å². The number of aliphatic imine (C=N–C) groups is 2. The van der Waals surface area contributed by atoms with Crippen molar-refractivity contribution in [2.75, 3.05) is 0 Å². The van der Waals surface area contributed by atoms with E-state index in [1.54, 1.807) is 0 Å². The van der Waals surface area contributed by atoms with Gasteiger partial charge in [-0.3, -0.25) is 0 Å². The summed E-state index contributed by atoms with van der Waals surface area (Å²) in [4.78, 5) is 10.3. The minimum atomic E-state index is -0.303. The zero-order valence-corrected chi connectivity index (χ0v) is 26.5. The van der Waals surface area contributed by atoms with Gasteiger partial charge in [0.05, 0.1) is 0 Å². The fourth-order valence-corrected chi connectivity index (χ4v) is 7.33. The Kier molecular flexibility index (Phi) is 6.21. The monoisotopic (exact) mass is 627 g/mol. The van der Waals surface area contributed by atoms with E-state index in [1.807, 2.05) is 18.2 Å². The first-order valence-electron chi connectivity index (χ1n) is 16.6. The first-order valence-corrected chi connectivity index (χ1v) is 16.6. The molecule has 8 aromatic carbocycles. The molecule has 0 amide bonds. The number of hydrogen-bond acceptors (Lipinski definition) is 4. The van der Waals surface area contributed by atoms with Gasteiger partial charge in [0, 0.05) is 21.9 Å². The third-order valence-corrected chi connectivity index (χ3v) is 9.69. The van der Waals surface area contributed by atoms with Gasteiger partial charge in [-0.25, -0.2) is 9.98 Å². The molecule has 0 saturated carbocycles. The number of furan rings is 1. The zero-order valence-electron chi connectivity index (χ0n) is 26.5. The summed E-state index contributed by atoms with van der Waals surface area (Å²) in [6, 6.07) is 57.6. The molecule has 1 aliphatic rings. The molecule has 0 saturated heterocycles. The maximum Gasteiger partial charge on any atom is 0.159 e. The van der Waals surface area contributed by atoms with E-state index in [2.05, 4.69) is 151 Å². The molecule has 4 nitrogen and oxygen atoms in total. The molecule has 0 fully saturated rings. The summed E-state index contributed by atoms with van der Waals surface area (Å²) in [6.07, 6.45) is -0.303. The second-order valence-corrected chi connectivity index (χ2v) is 12.6. The third kappa shape index (κ3) is 4.61. The van der Waals surface area contributed by atoms with E-state index in [1.165, 1.54) is 32.5 Å². The molecule has 1 aliphatic heterocycles. The molecule has 1 unspecified atom stereocenters. The van der Waals surface area contributed by atoms with Crippen molar-refractivity contribution in [1.29, 1.82) is 0 Å². The van der Waals surface area contributed by atoms with Crippen LogP contribution in [0.4, 0.5) is 0 Å². The van der Waals surface area contributed by atoms with Crippen LogP contribution < -0.4 is 5.32 Å². The first-order chi connectivity index (χ1) is 24.3. The van der Waals surface area contributed by atoms with Crippen molar-refractivity contribution in [2.24, 2.45) is 9.98 Å². The summed E-state index contributed by atoms with van der Waals surface area (Å²) in [5.41, 5.74) is 7.04. The highest BCUT2D eigenvalue weighted by molar-refractivity contribution is 6.23. The predicted octanol–water partition coefficient (Wildman–Crippen LogP) is 11.2. The number of benzene rings is 8. The smallest absolute Gasteiger partial charge is 0.159 e. The van der Waals surface area contributed by atoms with E-state index in [4.69, 9.17) is 14.4 Å². The van der Waals surface area contributed by atoms with Crippen molar-refractivity contribution in [3.63, 3.8) is 0 Å². The van der Waals surface area contributed by atoms with Crippen LogP contribution in [0, 0.1) is 0 Å². The quantitative estimate of drug-likeness (QED) is 0.197. The molecule has 1 atom stereocenters. The summed E-state index contributed by atoms with van der Waals surface area (Å²) in [6.45, 7) is 0. The lowest BCUT2D eigenvalue weighted by Gasteiger charge is -2.24. The van der Waals surface area contributed by atoms with Crippen molar-refractivity contribution in [3.8, 4) is 11.1 Å². The fraction of sp³-hybridized carbons (Fsp3) is 0.0222. The van der Waals surface area contributed by atoms with E-state index in [0.29, 0.717) is 5.84 Å². The average Bonchev–Trinajstić information content (AvgIpc) is 3.56. The number of nitrogens with one attached hydrogen (secondary N) is 1. The van der Waals surface area contributed by atoms with Crippen molar-refractivity contribution in [2.45, 2.75) is 6.17 Å². The summed E-state index contributed by atoms with van der Waals surface area (Å²) in [5, 5.41) is 13.1. The second-order valence-electron chi connectivity index (χ2n) is 12.6. The predicted molar refractivity (Wildman–Crippen MR) is 204 cm³/mol. The Morgan fingerprint density at radius 3 is 2.08 bits per heavy atom. The number of amidine groups is 2. The Bertz CT molecular complexity index is 2810. The van der Waals surface area contributed by atoms with Crippen LogP contribution in [-0.4, -0.2) is 11.7 Å². The lowest BCUT2D eigenvalue weighted by atomic mass is 9.92. The molecule has 9 aromatic rings. The van der Waals surface area contributed by atoms with Gasteiger partial charge in [-0.15, -0.1) is 0 Å². The molecular weight excluding hydrogens is 599 g/mol. The van der Waals surface area contributed by atoms with Crippen LogP contribution in [-0.2, 0) is 0 Å². The van der Waals surface area contributed by atoms with Gasteiger partial charge in [0.2, 0.25) is 0 Å². The van der Waals surface area contributed by atoms with Crippen LogP contribution >= 0.6 is 0 Å². The molecule has 4 heteroatoms. The Balaban J connectivity index is 1.17. The summed E-state index contributed by atoms with van der Waals surface area (Å²) < 4.78 is 6.49. The van der Waals surface area contributed by atoms with E-state index in [9.17, 15) is 0 Å². The molecule has 230 valence electrons. The summed E-state index contributed by atoms with van der Waals surface area (Å²) in [7, 11) is 0. The highest BCUT2D eigenvalue weighted by Crippen LogP contribution is 2.39. The largest absolute Gasteiger partial charge is 0.456 e. The standard InChI is InChI=1S/C45H29N3O/c1-2-12-29(13-3-1)43-46-44(33-22-21-28-11-4-5-14-30(28)25-33)48-45(47-43)37-19-10-20-41-42(37)39-27-32(23-24-40(39)49-41)38-26-31-15-6-7-16-34(31)35-17-8-9-18-36(35)38/h1-27,43H,(H,46,47,48). The molecule has 10 rings (SSSR count). The molecule has 0 spiro atoms. The normalized spacial score (nSPS) is 14.7. The van der Waals surface area contributed by atoms with Gasteiger partial charge in [-0.1, -0.05) is 133 Å². The lowest BCUT2D eigenvalue weighted by Crippen LogP contribution is -2.33. The van der Waals surface area contributed by atoms with E-state index >= 15 is 0 Å². The lowest BCUT2D eigenvalue weighted by molar-refractivity contribution is 0.668. The first kappa shape index (κ1) is 27.6. The Morgan fingerprint density at radius 2 is 1.20 bits per heavy atom. The minimum Gasteiger partial charge on any atom is -0.456 e. The molecule has 1 N–H and O–H groups in total. The Labute approximate surface area is 282 Å². The topological polar surface area (TPSA) is 49.9 Å². The molecule has 1 aromatic heterocycles. The van der Waals surface area contributed by atoms with Crippen molar-refractivity contribution >= 4 is 65.9 Å². The SMILES string of the molecule is c1ccc(C2N=C(c3ccc4ccccc4c3)N=C(c3cccc4oc5ccc(-c6cc7ccccc7c7ccccc67)cc5c34)N2)cc1. The van der Waals surface area contributed by atoms with E-state index in [-0.39, 0.29) is 6.17 Å². The average molecular weight is 628 g/mol. The van der Waals surface area contributed by atoms with Gasteiger partial charge in [-0.2, -0.15) is 0 Å². The molecule has 0 bridgehead atoms. The van der Waals surface area contributed by atoms with Crippen molar-refractivity contribution in [3.05, 3.63) is 180 Å². The summed E-state index contributed by atoms with van der Waals surface area (Å²) >= 11 is 0. The highest BCUT2D eigenvalue weighted by atomic mass is 16.3. The number of hydrogen-bond donors (Lipinski definition) is 1. The third-order valence-electron chi connectivity index (χ3n) is 9.69. The van der Waals surface area contributed by atoms with Gasteiger partial charge in [0.25, 0.3) is 0 Å². The maximum absolute atomic E-state index is 6.49. The van der Waals surface area contributed by atoms with Crippen LogP contribution in [0.3, 0.4) is 0 Å². The number of nitrogens with zero attached hydrogens (tertiary/aromatic N) is 2. The van der Waals surface area contributed by atoms with Gasteiger partial charge >= 0.3 is 0 Å². The van der Waals surface area contributed by atoms with E-state index in [0.717, 1.165) is 55.4 Å². The van der Waals surface area contributed by atoms with Crippen LogP contribution in [0.2, 0.25) is 0 Å². The van der Waals surface area contributed by atoms with Crippen LogP contribution in [0.1, 0.15) is 22.9 Å². The maximum atomic E-state index is 6.49. The molecule has 2 heterocycles. The number of fused-ring (bicyclic) bond motifs is 7. The van der Waals surface area contributed by atoms with Gasteiger partial charge in [-0.05, 0) is 79.3 Å². The van der Waals surface area contributed by atoms with E-state index < -0.39 is 0 Å². The molecule has 0 radical (unpaired) electrons. The van der Waals surface area contributed by atoms with Gasteiger partial charge in [0.15, 0.2) is 5.84 Å². The molecule has 0 aliphatic carbocycles. The zero-order chi connectivity index (χ0) is 32.3. The van der Waals surface area contributed by atoms with Crippen LogP contribution in [0.15, 0.2) is 178 Å². The molecular formula is C45H29N3O. The molecule has 49 heavy (non-hydrogen) atoms. The minimum absolute atomic E-state index is 0.303. The van der Waals surface area contributed by atoms with Crippen LogP contribution in [0.25, 0.3) is 65.4 Å². The summed E-state index contributed by atoms with van der Waals surface area (Å²) in [5.74, 6) is 1.46. The second kappa shape index (κ2) is 11.0. The number of rotatable bonds is 4. The highest BCUT2D eigenvalue weighted by Gasteiger charge is 2.24.